The fourth-order valence-corrected chi connectivity index (χ4v) is 10.1. The molecule has 4 nitrogen and oxygen atoms in total. The predicted octanol–water partition coefficient (Wildman–Crippen LogP) is 5.42. The lowest BCUT2D eigenvalue weighted by atomic mass is 10.0. The molecule has 37 heavy (non-hydrogen) atoms. The minimum Gasteiger partial charge on any atom is -0.402 e. The quantitative estimate of drug-likeness (QED) is 0.289. The minimum absolute atomic E-state index is 0.119. The Kier molecular flexibility index (Phi) is 9.16. The highest BCUT2D eigenvalue weighted by Crippen LogP contribution is 2.39. The van der Waals surface area contributed by atoms with E-state index in [9.17, 15) is 5.11 Å². The van der Waals surface area contributed by atoms with Gasteiger partial charge in [-0.15, -0.1) is 6.58 Å². The molecule has 1 saturated heterocycles. The molecule has 0 aliphatic carbocycles. The van der Waals surface area contributed by atoms with Crippen LogP contribution in [0, 0.1) is 0 Å². The first-order chi connectivity index (χ1) is 17.9. The molecule has 3 aromatic carbocycles. The van der Waals surface area contributed by atoms with Gasteiger partial charge in [0.2, 0.25) is 0 Å². The predicted molar refractivity (Wildman–Crippen MR) is 153 cm³/mol. The largest absolute Gasteiger partial charge is 0.402 e. The lowest BCUT2D eigenvalue weighted by molar-refractivity contribution is -0.121. The molecule has 0 spiro atoms. The highest BCUT2D eigenvalue weighted by atomic mass is 28.4. The molecule has 4 atom stereocenters. The van der Waals surface area contributed by atoms with Crippen molar-refractivity contribution in [1.82, 2.24) is 0 Å². The number of hydrogen-bond acceptors (Lipinski definition) is 4. The molecule has 0 aromatic heterocycles. The van der Waals surface area contributed by atoms with Gasteiger partial charge in [0.05, 0.1) is 12.7 Å². The molecule has 0 radical (unpaired) electrons. The van der Waals surface area contributed by atoms with Gasteiger partial charge in [0, 0.05) is 6.61 Å². The second-order valence-electron chi connectivity index (χ2n) is 10.8. The maximum Gasteiger partial charge on any atom is 0.261 e. The normalized spacial score (nSPS) is 20.2. The van der Waals surface area contributed by atoms with E-state index in [1.165, 1.54) is 10.4 Å². The van der Waals surface area contributed by atoms with E-state index in [4.69, 9.17) is 13.9 Å². The number of aliphatic hydroxyl groups excluding tert-OH is 1. The second-order valence-corrected chi connectivity index (χ2v) is 15.0. The van der Waals surface area contributed by atoms with Gasteiger partial charge in [-0.1, -0.05) is 118 Å². The van der Waals surface area contributed by atoms with Gasteiger partial charge < -0.3 is 19.0 Å². The molecule has 0 unspecified atom stereocenters. The van der Waals surface area contributed by atoms with Crippen LogP contribution in [0.5, 0.6) is 0 Å². The zero-order valence-electron chi connectivity index (χ0n) is 22.3. The third-order valence-electron chi connectivity index (χ3n) is 7.26. The fourth-order valence-electron chi connectivity index (χ4n) is 5.35. The standard InChI is InChI=1S/C32H40O4Si/c1-5-28(31(33)25-16-9-6-10-17-25)35-24-30-29(22-15-23-34-30)36-37(32(2,3)4,26-18-11-7-12-19-26)27-20-13-8-14-21-27/h5-14,16-21,28-31,33H,1,15,22-24H2,2-4H3/t28-,29+,30-,31-/m1/s1. The molecule has 0 bridgehead atoms. The summed E-state index contributed by atoms with van der Waals surface area (Å²) in [6.45, 7) is 11.8. The first kappa shape index (κ1) is 27.5. The molecule has 1 aliphatic heterocycles. The highest BCUT2D eigenvalue weighted by molar-refractivity contribution is 6.99. The van der Waals surface area contributed by atoms with Crippen LogP contribution in [0.2, 0.25) is 5.04 Å². The molecule has 196 valence electrons. The average molecular weight is 517 g/mol. The minimum atomic E-state index is -2.72. The average Bonchev–Trinajstić information content (AvgIpc) is 2.93. The van der Waals surface area contributed by atoms with Crippen molar-refractivity contribution in [1.29, 1.82) is 0 Å². The maximum absolute atomic E-state index is 10.9. The summed E-state index contributed by atoms with van der Waals surface area (Å²) in [5, 5.41) is 13.3. The smallest absolute Gasteiger partial charge is 0.261 e. The van der Waals surface area contributed by atoms with E-state index in [2.05, 4.69) is 88.0 Å². The van der Waals surface area contributed by atoms with Crippen molar-refractivity contribution >= 4 is 18.7 Å². The molecule has 1 heterocycles. The van der Waals surface area contributed by atoms with E-state index in [0.29, 0.717) is 13.2 Å². The van der Waals surface area contributed by atoms with Gasteiger partial charge in [-0.05, 0) is 33.8 Å². The number of aliphatic hydroxyl groups is 1. The van der Waals surface area contributed by atoms with E-state index in [-0.39, 0.29) is 17.2 Å². The summed E-state index contributed by atoms with van der Waals surface area (Å²) in [6, 6.07) is 30.9. The Morgan fingerprint density at radius 3 is 2.00 bits per heavy atom. The summed E-state index contributed by atoms with van der Waals surface area (Å²) < 4.78 is 19.9. The molecule has 4 rings (SSSR count). The summed E-state index contributed by atoms with van der Waals surface area (Å²) >= 11 is 0. The van der Waals surface area contributed by atoms with Crippen molar-refractivity contribution < 1.29 is 19.0 Å². The van der Waals surface area contributed by atoms with Gasteiger partial charge in [0.1, 0.15) is 18.3 Å². The highest BCUT2D eigenvalue weighted by Gasteiger charge is 2.52. The number of benzene rings is 3. The van der Waals surface area contributed by atoms with Crippen molar-refractivity contribution in [3.05, 3.63) is 109 Å². The first-order valence-electron chi connectivity index (χ1n) is 13.2. The Balaban J connectivity index is 1.62. The molecule has 1 aliphatic rings. The lowest BCUT2D eigenvalue weighted by Crippen LogP contribution is -2.69. The molecule has 0 amide bonds. The SMILES string of the molecule is C=C[C@@H](OC[C@H]1OCCC[C@@H]1O[Si](c1ccccc1)(c1ccccc1)C(C)(C)C)[C@H](O)c1ccccc1. The van der Waals surface area contributed by atoms with Crippen molar-refractivity contribution in [3.8, 4) is 0 Å². The molecule has 5 heteroatoms. The Hall–Kier alpha value is -2.54. The number of ether oxygens (including phenoxy) is 2. The van der Waals surface area contributed by atoms with Crippen LogP contribution in [0.25, 0.3) is 0 Å². The van der Waals surface area contributed by atoms with Crippen molar-refractivity contribution in [3.63, 3.8) is 0 Å². The van der Waals surface area contributed by atoms with Crippen LogP contribution in [0.15, 0.2) is 104 Å². The van der Waals surface area contributed by atoms with Crippen molar-refractivity contribution in [2.75, 3.05) is 13.2 Å². The van der Waals surface area contributed by atoms with Crippen LogP contribution >= 0.6 is 0 Å². The van der Waals surface area contributed by atoms with Gasteiger partial charge in [-0.3, -0.25) is 0 Å². The van der Waals surface area contributed by atoms with E-state index < -0.39 is 20.5 Å². The van der Waals surface area contributed by atoms with Gasteiger partial charge in [-0.2, -0.15) is 0 Å². The molecular weight excluding hydrogens is 476 g/mol. The first-order valence-corrected chi connectivity index (χ1v) is 15.2. The molecular formula is C32H40O4Si. The van der Waals surface area contributed by atoms with Crippen molar-refractivity contribution in [2.24, 2.45) is 0 Å². The van der Waals surface area contributed by atoms with E-state index in [1.54, 1.807) is 6.08 Å². The van der Waals surface area contributed by atoms with Crippen LogP contribution in [-0.4, -0.2) is 44.9 Å². The molecule has 1 fully saturated rings. The van der Waals surface area contributed by atoms with E-state index in [0.717, 1.165) is 18.4 Å². The third kappa shape index (κ3) is 6.14. The zero-order chi connectivity index (χ0) is 26.3. The number of hydrogen-bond donors (Lipinski definition) is 1. The van der Waals surface area contributed by atoms with Gasteiger partial charge in [0.15, 0.2) is 0 Å². The van der Waals surface area contributed by atoms with Gasteiger partial charge >= 0.3 is 0 Å². The zero-order valence-corrected chi connectivity index (χ0v) is 23.3. The van der Waals surface area contributed by atoms with Crippen molar-refractivity contribution in [2.45, 2.75) is 63.1 Å². The van der Waals surface area contributed by atoms with Gasteiger partial charge in [-0.25, -0.2) is 0 Å². The summed E-state index contributed by atoms with van der Waals surface area (Å²) in [7, 11) is -2.72. The van der Waals surface area contributed by atoms with Crippen LogP contribution in [0.4, 0.5) is 0 Å². The van der Waals surface area contributed by atoms with E-state index >= 15 is 0 Å². The summed E-state index contributed by atoms with van der Waals surface area (Å²) in [4.78, 5) is 0. The van der Waals surface area contributed by atoms with Crippen LogP contribution < -0.4 is 10.4 Å². The summed E-state index contributed by atoms with van der Waals surface area (Å²) in [5.74, 6) is 0. The van der Waals surface area contributed by atoms with Crippen LogP contribution in [-0.2, 0) is 13.9 Å². The number of rotatable bonds is 10. The maximum atomic E-state index is 10.9. The monoisotopic (exact) mass is 516 g/mol. The molecule has 0 saturated carbocycles. The Labute approximate surface area is 223 Å². The summed E-state index contributed by atoms with van der Waals surface area (Å²) in [6.07, 6.45) is 1.81. The third-order valence-corrected chi connectivity index (χ3v) is 12.3. The Bertz CT molecular complexity index is 1060. The second kappa shape index (κ2) is 12.3. The van der Waals surface area contributed by atoms with Crippen LogP contribution in [0.3, 0.4) is 0 Å². The van der Waals surface area contributed by atoms with E-state index in [1.807, 2.05) is 30.3 Å². The van der Waals surface area contributed by atoms with Crippen LogP contribution in [0.1, 0.15) is 45.3 Å². The topological polar surface area (TPSA) is 47.9 Å². The lowest BCUT2D eigenvalue weighted by Gasteiger charge is -2.47. The Morgan fingerprint density at radius 2 is 1.49 bits per heavy atom. The summed E-state index contributed by atoms with van der Waals surface area (Å²) in [5.41, 5.74) is 0.803. The molecule has 3 aromatic rings. The fraction of sp³-hybridized carbons (Fsp3) is 0.375. The Morgan fingerprint density at radius 1 is 0.946 bits per heavy atom. The molecule has 1 N–H and O–H groups in total. The van der Waals surface area contributed by atoms with Gasteiger partial charge in [0.25, 0.3) is 8.32 Å².